The second kappa shape index (κ2) is 9.47. The fourth-order valence-corrected chi connectivity index (χ4v) is 3.76. The molecule has 4 rings (SSSR count). The van der Waals surface area contributed by atoms with Gasteiger partial charge in [-0.25, -0.2) is 9.97 Å². The molecule has 2 N–H and O–H groups in total. The van der Waals surface area contributed by atoms with Crippen molar-refractivity contribution in [2.75, 3.05) is 48.8 Å². The van der Waals surface area contributed by atoms with Gasteiger partial charge in [0.2, 0.25) is 5.95 Å². The van der Waals surface area contributed by atoms with Crippen LogP contribution < -0.4 is 15.5 Å². The highest BCUT2D eigenvalue weighted by molar-refractivity contribution is 6.40. The van der Waals surface area contributed by atoms with Crippen LogP contribution in [0.1, 0.15) is 10.4 Å². The Morgan fingerprint density at radius 2 is 1.68 bits per heavy atom. The van der Waals surface area contributed by atoms with Crippen molar-refractivity contribution in [2.24, 2.45) is 0 Å². The smallest absolute Gasteiger partial charge is 0.258 e. The number of rotatable bonds is 5. The molecule has 1 amide bonds. The maximum Gasteiger partial charge on any atom is 0.258 e. The quantitative estimate of drug-likeness (QED) is 0.599. The lowest BCUT2D eigenvalue weighted by molar-refractivity contribution is 0.102. The van der Waals surface area contributed by atoms with Crippen molar-refractivity contribution < 1.29 is 4.79 Å². The fraction of sp³-hybridized carbons (Fsp3) is 0.238. The van der Waals surface area contributed by atoms with Gasteiger partial charge in [-0.3, -0.25) is 4.79 Å². The van der Waals surface area contributed by atoms with Gasteiger partial charge in [0.1, 0.15) is 11.6 Å². The van der Waals surface area contributed by atoms with E-state index in [9.17, 15) is 4.79 Å². The van der Waals surface area contributed by atoms with E-state index in [1.807, 2.05) is 0 Å². The van der Waals surface area contributed by atoms with Crippen LogP contribution in [0.15, 0.2) is 48.8 Å². The van der Waals surface area contributed by atoms with Crippen molar-refractivity contribution in [3.63, 3.8) is 0 Å². The van der Waals surface area contributed by atoms with Crippen LogP contribution >= 0.6 is 23.2 Å². The molecular formula is C21H21Cl2N7O. The minimum Gasteiger partial charge on any atom is -0.338 e. The van der Waals surface area contributed by atoms with E-state index in [2.05, 4.69) is 42.4 Å². The largest absolute Gasteiger partial charge is 0.338 e. The zero-order chi connectivity index (χ0) is 21.8. The Balaban J connectivity index is 1.47. The third-order valence-corrected chi connectivity index (χ3v) is 5.52. The topological polar surface area (TPSA) is 86.3 Å². The molecule has 0 aliphatic carbocycles. The summed E-state index contributed by atoms with van der Waals surface area (Å²) < 4.78 is 0. The maximum absolute atomic E-state index is 12.6. The Hall–Kier alpha value is -2.94. The summed E-state index contributed by atoms with van der Waals surface area (Å²) in [6.45, 7) is 3.70. The average Bonchev–Trinajstić information content (AvgIpc) is 2.74. The van der Waals surface area contributed by atoms with Crippen molar-refractivity contribution in [3.05, 3.63) is 64.4 Å². The van der Waals surface area contributed by atoms with Gasteiger partial charge in [0.05, 0.1) is 15.6 Å². The van der Waals surface area contributed by atoms with Gasteiger partial charge in [-0.15, -0.1) is 0 Å². The van der Waals surface area contributed by atoms with E-state index in [-0.39, 0.29) is 15.6 Å². The summed E-state index contributed by atoms with van der Waals surface area (Å²) in [7, 11) is 2.10. The molecule has 1 aliphatic heterocycles. The summed E-state index contributed by atoms with van der Waals surface area (Å²) in [6, 6.07) is 10.1. The minimum absolute atomic E-state index is 0.227. The number of hydrogen-bond donors (Lipinski definition) is 2. The first kappa shape index (κ1) is 21.3. The standard InChI is InChI=1S/C21H21Cl2N7O/c1-29-9-11-30(12-10-29)21-25-8-6-17(28-21)27-18-13-14(5-7-24-18)26-20(31)19-15(22)3-2-4-16(19)23/h2-8,13H,9-12H2,1H3,(H2,24,25,26,27,28,31). The summed E-state index contributed by atoms with van der Waals surface area (Å²) in [4.78, 5) is 30.3. The monoisotopic (exact) mass is 457 g/mol. The molecule has 0 spiro atoms. The summed E-state index contributed by atoms with van der Waals surface area (Å²) in [5.41, 5.74) is 0.775. The Morgan fingerprint density at radius 3 is 2.42 bits per heavy atom. The predicted molar refractivity (Wildman–Crippen MR) is 124 cm³/mol. The van der Waals surface area contributed by atoms with Crippen molar-refractivity contribution in [1.29, 1.82) is 0 Å². The van der Waals surface area contributed by atoms with Crippen molar-refractivity contribution >= 4 is 52.4 Å². The number of nitrogens with one attached hydrogen (secondary N) is 2. The number of nitrogens with zero attached hydrogens (tertiary/aromatic N) is 5. The Kier molecular flexibility index (Phi) is 6.50. The fourth-order valence-electron chi connectivity index (χ4n) is 3.19. The molecule has 10 heteroatoms. The van der Waals surface area contributed by atoms with Crippen molar-refractivity contribution in [1.82, 2.24) is 19.9 Å². The molecule has 0 atom stereocenters. The van der Waals surface area contributed by atoms with E-state index in [4.69, 9.17) is 23.2 Å². The van der Waals surface area contributed by atoms with Gasteiger partial charge in [-0.05, 0) is 31.3 Å². The van der Waals surface area contributed by atoms with Gasteiger partial charge < -0.3 is 20.4 Å². The predicted octanol–water partition coefficient (Wildman–Crippen LogP) is 3.93. The molecule has 1 fully saturated rings. The van der Waals surface area contributed by atoms with Crippen molar-refractivity contribution in [2.45, 2.75) is 0 Å². The van der Waals surface area contributed by atoms with Crippen LogP contribution in [0.4, 0.5) is 23.3 Å². The number of carbonyl (C=O) groups is 1. The first-order valence-electron chi connectivity index (χ1n) is 9.74. The van der Waals surface area contributed by atoms with Crippen LogP contribution in [-0.4, -0.2) is 59.0 Å². The van der Waals surface area contributed by atoms with E-state index in [1.54, 1.807) is 48.8 Å². The van der Waals surface area contributed by atoms with Crippen molar-refractivity contribution in [3.8, 4) is 0 Å². The van der Waals surface area contributed by atoms with Gasteiger partial charge in [-0.2, -0.15) is 4.98 Å². The van der Waals surface area contributed by atoms with Crippen LogP contribution in [-0.2, 0) is 0 Å². The van der Waals surface area contributed by atoms with Crippen LogP contribution in [0.5, 0.6) is 0 Å². The van der Waals surface area contributed by atoms with E-state index in [1.165, 1.54) is 0 Å². The number of aromatic nitrogens is 3. The van der Waals surface area contributed by atoms with Gasteiger partial charge >= 0.3 is 0 Å². The Labute approximate surface area is 190 Å². The minimum atomic E-state index is -0.396. The zero-order valence-corrected chi connectivity index (χ0v) is 18.4. The average molecular weight is 458 g/mol. The Morgan fingerprint density at radius 1 is 0.968 bits per heavy atom. The number of anilines is 4. The van der Waals surface area contributed by atoms with Crippen LogP contribution in [0.2, 0.25) is 10.0 Å². The highest BCUT2D eigenvalue weighted by Crippen LogP contribution is 2.26. The third-order valence-electron chi connectivity index (χ3n) is 4.89. The van der Waals surface area contributed by atoms with E-state index in [0.717, 1.165) is 26.2 Å². The third kappa shape index (κ3) is 5.22. The van der Waals surface area contributed by atoms with Gasteiger partial charge in [-0.1, -0.05) is 29.3 Å². The molecule has 3 aromatic rings. The number of carbonyl (C=O) groups excluding carboxylic acids is 1. The lowest BCUT2D eigenvalue weighted by Crippen LogP contribution is -2.45. The molecule has 1 aliphatic rings. The van der Waals surface area contributed by atoms with Gasteiger partial charge in [0.25, 0.3) is 5.91 Å². The first-order valence-corrected chi connectivity index (χ1v) is 10.5. The molecule has 0 radical (unpaired) electrons. The highest BCUT2D eigenvalue weighted by Gasteiger charge is 2.17. The molecule has 2 aromatic heterocycles. The van der Waals surface area contributed by atoms with Crippen LogP contribution in [0, 0.1) is 0 Å². The summed E-state index contributed by atoms with van der Waals surface area (Å²) >= 11 is 12.3. The zero-order valence-electron chi connectivity index (χ0n) is 16.8. The lowest BCUT2D eigenvalue weighted by atomic mass is 10.2. The molecule has 3 heterocycles. The number of likely N-dealkylation sites (N-methyl/N-ethyl adjacent to an activating group) is 1. The number of halogens is 2. The molecule has 8 nitrogen and oxygen atoms in total. The lowest BCUT2D eigenvalue weighted by Gasteiger charge is -2.32. The second-order valence-electron chi connectivity index (χ2n) is 7.14. The number of amides is 1. The van der Waals surface area contributed by atoms with E-state index >= 15 is 0 Å². The van der Waals surface area contributed by atoms with E-state index in [0.29, 0.717) is 23.3 Å². The second-order valence-corrected chi connectivity index (χ2v) is 7.95. The molecule has 1 aromatic carbocycles. The van der Waals surface area contributed by atoms with Crippen LogP contribution in [0.3, 0.4) is 0 Å². The number of benzene rings is 1. The first-order chi connectivity index (χ1) is 15.0. The SMILES string of the molecule is CN1CCN(c2nccc(Nc3cc(NC(=O)c4c(Cl)cccc4Cl)ccn3)n2)CC1. The molecular weight excluding hydrogens is 437 g/mol. The molecule has 0 unspecified atom stereocenters. The summed E-state index contributed by atoms with van der Waals surface area (Å²) in [5, 5.41) is 6.54. The number of piperazine rings is 1. The summed E-state index contributed by atoms with van der Waals surface area (Å²) in [6.07, 6.45) is 3.31. The van der Waals surface area contributed by atoms with Gasteiger partial charge in [0.15, 0.2) is 0 Å². The number of hydrogen-bond acceptors (Lipinski definition) is 7. The number of pyridine rings is 1. The highest BCUT2D eigenvalue weighted by atomic mass is 35.5. The molecule has 1 saturated heterocycles. The van der Waals surface area contributed by atoms with Gasteiger partial charge in [0, 0.05) is 50.3 Å². The normalized spacial score (nSPS) is 14.4. The molecule has 31 heavy (non-hydrogen) atoms. The molecule has 160 valence electrons. The molecule has 0 bridgehead atoms. The summed E-state index contributed by atoms with van der Waals surface area (Å²) in [5.74, 6) is 1.43. The Bertz CT molecular complexity index is 1070. The van der Waals surface area contributed by atoms with Crippen LogP contribution in [0.25, 0.3) is 0 Å². The molecule has 0 saturated carbocycles. The van der Waals surface area contributed by atoms with E-state index < -0.39 is 5.91 Å². The maximum atomic E-state index is 12.6.